The first-order chi connectivity index (χ1) is 10.5. The van der Waals surface area contributed by atoms with E-state index in [2.05, 4.69) is 0 Å². The van der Waals surface area contributed by atoms with Crippen LogP contribution in [0.1, 0.15) is 24.0 Å². The van der Waals surface area contributed by atoms with Crippen molar-refractivity contribution >= 4 is 10.0 Å². The Bertz CT molecular complexity index is 746. The molecular formula is C14H15F3N2O3S. The lowest BCUT2D eigenvalue weighted by molar-refractivity contribution is -0.270. The molecule has 0 radical (unpaired) electrons. The Labute approximate surface area is 132 Å². The number of sulfonamides is 1. The number of nitrogens with zero attached hydrogens (tertiary/aromatic N) is 2. The summed E-state index contributed by atoms with van der Waals surface area (Å²) in [5.74, 6) is 0. The van der Waals surface area contributed by atoms with Crippen molar-refractivity contribution in [3.8, 4) is 6.07 Å². The van der Waals surface area contributed by atoms with E-state index >= 15 is 0 Å². The lowest BCUT2D eigenvalue weighted by Gasteiger charge is -2.38. The van der Waals surface area contributed by atoms with Gasteiger partial charge in [0, 0.05) is 13.1 Å². The van der Waals surface area contributed by atoms with Crippen molar-refractivity contribution in [2.75, 3.05) is 13.1 Å². The third-order valence-corrected chi connectivity index (χ3v) is 6.05. The van der Waals surface area contributed by atoms with Gasteiger partial charge in [-0.25, -0.2) is 8.42 Å². The third-order valence-electron chi connectivity index (χ3n) is 4.01. The minimum Gasteiger partial charge on any atom is -0.380 e. The third kappa shape index (κ3) is 3.20. The molecule has 1 aromatic carbocycles. The van der Waals surface area contributed by atoms with Gasteiger partial charge >= 0.3 is 6.18 Å². The predicted molar refractivity (Wildman–Crippen MR) is 74.9 cm³/mol. The summed E-state index contributed by atoms with van der Waals surface area (Å²) in [4.78, 5) is -0.103. The molecule has 0 aromatic heterocycles. The van der Waals surface area contributed by atoms with Crippen molar-refractivity contribution in [2.45, 2.75) is 36.4 Å². The van der Waals surface area contributed by atoms with Crippen LogP contribution in [0.25, 0.3) is 0 Å². The van der Waals surface area contributed by atoms with Crippen LogP contribution in [-0.4, -0.2) is 42.7 Å². The second-order valence-corrected chi connectivity index (χ2v) is 7.43. The van der Waals surface area contributed by atoms with Crippen LogP contribution < -0.4 is 0 Å². The number of alkyl halides is 3. The highest BCUT2D eigenvalue weighted by atomic mass is 32.2. The van der Waals surface area contributed by atoms with Crippen LogP contribution >= 0.6 is 0 Å². The van der Waals surface area contributed by atoms with Crippen LogP contribution in [0, 0.1) is 18.3 Å². The molecule has 126 valence electrons. The number of nitriles is 1. The molecule has 0 amide bonds. The fraction of sp³-hybridized carbons (Fsp3) is 0.500. The molecule has 0 bridgehead atoms. The second kappa shape index (κ2) is 5.78. The van der Waals surface area contributed by atoms with Crippen molar-refractivity contribution < 1.29 is 26.7 Å². The molecule has 0 aliphatic carbocycles. The number of rotatable bonds is 2. The molecule has 1 aromatic rings. The van der Waals surface area contributed by atoms with Crippen LogP contribution in [0.3, 0.4) is 0 Å². The zero-order valence-electron chi connectivity index (χ0n) is 12.3. The first kappa shape index (κ1) is 17.7. The predicted octanol–water partition coefficient (Wildman–Crippen LogP) is 1.94. The number of halogens is 3. The molecule has 9 heteroatoms. The molecule has 0 spiro atoms. The van der Waals surface area contributed by atoms with Gasteiger partial charge in [0.1, 0.15) is 0 Å². The number of benzene rings is 1. The summed E-state index contributed by atoms with van der Waals surface area (Å²) in [5.41, 5.74) is -2.30. The average Bonchev–Trinajstić information content (AvgIpc) is 2.47. The van der Waals surface area contributed by atoms with Crippen molar-refractivity contribution in [1.29, 1.82) is 5.26 Å². The maximum atomic E-state index is 12.8. The normalized spacial score (nSPS) is 19.3. The minimum atomic E-state index is -4.79. The molecule has 0 saturated carbocycles. The Morgan fingerprint density at radius 1 is 1.30 bits per heavy atom. The smallest absolute Gasteiger partial charge is 0.380 e. The summed E-state index contributed by atoms with van der Waals surface area (Å²) < 4.78 is 64.4. The highest BCUT2D eigenvalue weighted by Crippen LogP contribution is 2.39. The van der Waals surface area contributed by atoms with E-state index in [1.807, 2.05) is 6.07 Å². The van der Waals surface area contributed by atoms with E-state index in [1.165, 1.54) is 18.2 Å². The number of hydrogen-bond acceptors (Lipinski definition) is 4. The zero-order chi connectivity index (χ0) is 17.5. The van der Waals surface area contributed by atoms with Crippen LogP contribution in [0.5, 0.6) is 0 Å². The lowest BCUT2D eigenvalue weighted by Crippen LogP contribution is -2.54. The molecule has 1 aliphatic heterocycles. The van der Waals surface area contributed by atoms with Gasteiger partial charge in [0.05, 0.1) is 16.5 Å². The van der Waals surface area contributed by atoms with E-state index in [0.717, 1.165) is 4.31 Å². The Hall–Kier alpha value is -1.63. The number of piperidine rings is 1. The molecular weight excluding hydrogens is 333 g/mol. The van der Waals surface area contributed by atoms with Crippen LogP contribution in [-0.2, 0) is 10.0 Å². The van der Waals surface area contributed by atoms with E-state index in [0.29, 0.717) is 5.56 Å². The zero-order valence-corrected chi connectivity index (χ0v) is 13.1. The number of hydrogen-bond donors (Lipinski definition) is 1. The average molecular weight is 348 g/mol. The highest BCUT2D eigenvalue weighted by molar-refractivity contribution is 7.89. The van der Waals surface area contributed by atoms with Crippen LogP contribution in [0.2, 0.25) is 0 Å². The maximum absolute atomic E-state index is 12.8. The van der Waals surface area contributed by atoms with Crippen molar-refractivity contribution in [1.82, 2.24) is 4.31 Å². The Morgan fingerprint density at radius 2 is 1.87 bits per heavy atom. The molecule has 2 rings (SSSR count). The Balaban J connectivity index is 2.29. The summed E-state index contributed by atoms with van der Waals surface area (Å²) in [7, 11) is -4.02. The van der Waals surface area contributed by atoms with Crippen LogP contribution in [0.15, 0.2) is 23.1 Å². The summed E-state index contributed by atoms with van der Waals surface area (Å²) in [5, 5.41) is 18.5. The molecule has 1 fully saturated rings. The molecule has 0 unspecified atom stereocenters. The van der Waals surface area contributed by atoms with E-state index in [1.54, 1.807) is 6.92 Å². The van der Waals surface area contributed by atoms with E-state index < -0.39 is 47.7 Å². The van der Waals surface area contributed by atoms with Crippen molar-refractivity contribution in [2.24, 2.45) is 0 Å². The Morgan fingerprint density at radius 3 is 2.35 bits per heavy atom. The lowest BCUT2D eigenvalue weighted by atomic mass is 9.92. The van der Waals surface area contributed by atoms with Crippen molar-refractivity contribution in [3.63, 3.8) is 0 Å². The fourth-order valence-electron chi connectivity index (χ4n) is 2.47. The maximum Gasteiger partial charge on any atom is 0.417 e. The van der Waals surface area contributed by atoms with Gasteiger partial charge < -0.3 is 5.11 Å². The van der Waals surface area contributed by atoms with Crippen LogP contribution in [0.4, 0.5) is 13.2 Å². The first-order valence-corrected chi connectivity index (χ1v) is 8.25. The van der Waals surface area contributed by atoms with Gasteiger partial charge in [0.2, 0.25) is 10.0 Å². The second-order valence-electron chi connectivity index (χ2n) is 5.53. The van der Waals surface area contributed by atoms with Gasteiger partial charge in [0.25, 0.3) is 0 Å². The molecule has 1 N–H and O–H groups in total. The first-order valence-electron chi connectivity index (χ1n) is 6.81. The summed E-state index contributed by atoms with van der Waals surface area (Å²) in [6.45, 7) is 0.674. The monoisotopic (exact) mass is 348 g/mol. The molecule has 1 heterocycles. The van der Waals surface area contributed by atoms with Gasteiger partial charge in [0.15, 0.2) is 5.60 Å². The topological polar surface area (TPSA) is 81.4 Å². The summed E-state index contributed by atoms with van der Waals surface area (Å²) in [6, 6.07) is 5.97. The standard InChI is InChI=1S/C14H15F3N2O3S/c1-10-2-3-11(9-18)8-12(10)23(21,22)19-6-4-13(20,5-7-19)14(15,16)17/h2-3,8,20H,4-7H2,1H3. The van der Waals surface area contributed by atoms with Gasteiger partial charge in [-0.3, -0.25) is 0 Å². The minimum absolute atomic E-state index is 0.103. The van der Waals surface area contributed by atoms with Gasteiger partial charge in [-0.15, -0.1) is 0 Å². The number of aliphatic hydroxyl groups is 1. The van der Waals surface area contributed by atoms with Gasteiger partial charge in [-0.1, -0.05) is 6.07 Å². The summed E-state index contributed by atoms with van der Waals surface area (Å²) >= 11 is 0. The molecule has 5 nitrogen and oxygen atoms in total. The quantitative estimate of drug-likeness (QED) is 0.886. The molecule has 1 saturated heterocycles. The SMILES string of the molecule is Cc1ccc(C#N)cc1S(=O)(=O)N1CCC(O)(C(F)(F)F)CC1. The van der Waals surface area contributed by atoms with E-state index in [-0.39, 0.29) is 10.5 Å². The van der Waals surface area contributed by atoms with Gasteiger partial charge in [-0.05, 0) is 37.5 Å². The van der Waals surface area contributed by atoms with E-state index in [9.17, 15) is 26.7 Å². The van der Waals surface area contributed by atoms with Crippen molar-refractivity contribution in [3.05, 3.63) is 29.3 Å². The highest BCUT2D eigenvalue weighted by Gasteiger charge is 2.55. The Kier molecular flexibility index (Phi) is 4.45. The fourth-order valence-corrected chi connectivity index (χ4v) is 4.16. The largest absolute Gasteiger partial charge is 0.417 e. The molecule has 23 heavy (non-hydrogen) atoms. The summed E-state index contributed by atoms with van der Waals surface area (Å²) in [6.07, 6.45) is -6.22. The van der Waals surface area contributed by atoms with Gasteiger partial charge in [-0.2, -0.15) is 22.7 Å². The molecule has 0 atom stereocenters. The molecule has 1 aliphatic rings. The number of aryl methyl sites for hydroxylation is 1. The van der Waals surface area contributed by atoms with E-state index in [4.69, 9.17) is 5.26 Å².